The van der Waals surface area contributed by atoms with E-state index in [0.717, 1.165) is 29.9 Å². The number of carboxylic acid groups (broad SMARTS) is 1. The van der Waals surface area contributed by atoms with E-state index in [1.165, 1.54) is 0 Å². The normalized spacial score (nSPS) is 16.2. The fraction of sp³-hybridized carbons (Fsp3) is 0.500. The van der Waals surface area contributed by atoms with Crippen LogP contribution in [0.2, 0.25) is 0 Å². The van der Waals surface area contributed by atoms with Crippen molar-refractivity contribution in [2.45, 2.75) is 50.3 Å². The summed E-state index contributed by atoms with van der Waals surface area (Å²) in [6, 6.07) is 5.23. The molecule has 0 saturated carbocycles. The molecule has 1 aliphatic heterocycles. The number of carbonyl (C=O) groups is 1. The topological polar surface area (TPSA) is 74.5 Å². The molecule has 0 saturated heterocycles. The van der Waals surface area contributed by atoms with Gasteiger partial charge in [-0.15, -0.1) is 0 Å². The molecule has 2 rings (SSSR count). The van der Waals surface area contributed by atoms with Crippen molar-refractivity contribution in [1.29, 1.82) is 0 Å². The van der Waals surface area contributed by atoms with Crippen LogP contribution in [0.15, 0.2) is 23.1 Å². The lowest BCUT2D eigenvalue weighted by Gasteiger charge is -2.15. The van der Waals surface area contributed by atoms with E-state index in [2.05, 4.69) is 18.4 Å². The summed E-state index contributed by atoms with van der Waals surface area (Å²) in [6.45, 7) is 6.96. The summed E-state index contributed by atoms with van der Waals surface area (Å²) in [6.07, 6.45) is 1.61. The SMILES string of the molecule is CC1=[N+](CCCCC(=O)O)c2ccc([SH](=O)=O)cc2C1(C)C. The molecule has 5 nitrogen and oxygen atoms in total. The summed E-state index contributed by atoms with van der Waals surface area (Å²) < 4.78 is 24.6. The molecular weight excluding hydrogens is 302 g/mol. The van der Waals surface area contributed by atoms with Crippen LogP contribution in [0.5, 0.6) is 0 Å². The minimum Gasteiger partial charge on any atom is -0.481 e. The Morgan fingerprint density at radius 2 is 1.95 bits per heavy atom. The second-order valence-electron chi connectivity index (χ2n) is 6.17. The second kappa shape index (κ2) is 6.20. The van der Waals surface area contributed by atoms with E-state index in [0.29, 0.717) is 11.3 Å². The summed E-state index contributed by atoms with van der Waals surface area (Å²) in [7, 11) is -2.59. The lowest BCUT2D eigenvalue weighted by molar-refractivity contribution is -0.439. The molecule has 0 fully saturated rings. The van der Waals surface area contributed by atoms with Crippen LogP contribution in [0.3, 0.4) is 0 Å². The fourth-order valence-electron chi connectivity index (χ4n) is 2.92. The van der Waals surface area contributed by atoms with Gasteiger partial charge in [-0.25, -0.2) is 8.42 Å². The first-order valence-corrected chi connectivity index (χ1v) is 8.55. The molecule has 0 unspecified atom stereocenters. The van der Waals surface area contributed by atoms with Gasteiger partial charge in [-0.1, -0.05) is 0 Å². The average Bonchev–Trinajstić information content (AvgIpc) is 2.63. The Hall–Kier alpha value is -1.69. The van der Waals surface area contributed by atoms with Crippen molar-refractivity contribution in [1.82, 2.24) is 0 Å². The predicted molar refractivity (Wildman–Crippen MR) is 85.0 cm³/mol. The number of unbranched alkanes of at least 4 members (excludes halogenated alkanes) is 1. The van der Waals surface area contributed by atoms with Crippen LogP contribution in [0.1, 0.15) is 45.6 Å². The molecule has 1 aromatic rings. The largest absolute Gasteiger partial charge is 0.481 e. The Balaban J connectivity index is 2.29. The van der Waals surface area contributed by atoms with E-state index in [4.69, 9.17) is 5.11 Å². The minimum atomic E-state index is -2.59. The summed E-state index contributed by atoms with van der Waals surface area (Å²) in [4.78, 5) is 10.9. The highest BCUT2D eigenvalue weighted by atomic mass is 32.2. The van der Waals surface area contributed by atoms with Crippen molar-refractivity contribution in [3.63, 3.8) is 0 Å². The van der Waals surface area contributed by atoms with E-state index in [9.17, 15) is 13.2 Å². The van der Waals surface area contributed by atoms with Crippen molar-refractivity contribution in [2.75, 3.05) is 6.54 Å². The molecule has 1 N–H and O–H groups in total. The second-order valence-corrected chi connectivity index (χ2v) is 7.20. The maximum atomic E-state index is 11.2. The van der Waals surface area contributed by atoms with Crippen molar-refractivity contribution in [3.05, 3.63) is 23.8 Å². The van der Waals surface area contributed by atoms with Gasteiger partial charge in [0.15, 0.2) is 16.4 Å². The lowest BCUT2D eigenvalue weighted by atomic mass is 9.82. The zero-order chi connectivity index (χ0) is 16.5. The third-order valence-electron chi connectivity index (χ3n) is 4.49. The van der Waals surface area contributed by atoms with Gasteiger partial charge in [0.2, 0.25) is 5.69 Å². The highest BCUT2D eigenvalue weighted by Crippen LogP contribution is 2.40. The summed E-state index contributed by atoms with van der Waals surface area (Å²) in [5.41, 5.74) is 2.98. The quantitative estimate of drug-likeness (QED) is 0.478. The zero-order valence-electron chi connectivity index (χ0n) is 13.1. The predicted octanol–water partition coefficient (Wildman–Crippen LogP) is 2.31. The first-order valence-electron chi connectivity index (χ1n) is 7.37. The van der Waals surface area contributed by atoms with Gasteiger partial charge in [0.1, 0.15) is 6.54 Å². The number of benzene rings is 1. The standard InChI is InChI=1S/C16H21NO4S/c1-11-16(2,3)13-10-12(22(20)21)7-8-14(13)17(11)9-5-4-6-15(18)19/h7-8,10,22H,4-6,9H2,1-3H3/p+1. The average molecular weight is 324 g/mol. The van der Waals surface area contributed by atoms with Crippen molar-refractivity contribution < 1.29 is 22.9 Å². The third-order valence-corrected chi connectivity index (χ3v) is 5.19. The van der Waals surface area contributed by atoms with E-state index < -0.39 is 16.7 Å². The Kier molecular flexibility index (Phi) is 4.70. The molecule has 1 heterocycles. The van der Waals surface area contributed by atoms with Gasteiger partial charge < -0.3 is 5.11 Å². The van der Waals surface area contributed by atoms with Crippen LogP contribution in [0.25, 0.3) is 0 Å². The highest BCUT2D eigenvalue weighted by molar-refractivity contribution is 7.72. The maximum absolute atomic E-state index is 11.2. The lowest BCUT2D eigenvalue weighted by Crippen LogP contribution is -2.26. The Bertz CT molecular complexity index is 709. The van der Waals surface area contributed by atoms with Crippen molar-refractivity contribution in [3.8, 4) is 0 Å². The van der Waals surface area contributed by atoms with Crippen LogP contribution < -0.4 is 0 Å². The molecule has 6 heteroatoms. The van der Waals surface area contributed by atoms with Gasteiger partial charge in [-0.2, -0.15) is 4.58 Å². The molecule has 22 heavy (non-hydrogen) atoms. The van der Waals surface area contributed by atoms with Crippen LogP contribution in [-0.4, -0.2) is 36.3 Å². The van der Waals surface area contributed by atoms with Gasteiger partial charge in [-0.05, 0) is 32.4 Å². The van der Waals surface area contributed by atoms with Gasteiger partial charge >= 0.3 is 5.97 Å². The van der Waals surface area contributed by atoms with Gasteiger partial charge in [0.25, 0.3) is 0 Å². The molecule has 120 valence electrons. The number of fused-ring (bicyclic) bond motifs is 1. The van der Waals surface area contributed by atoms with Crippen LogP contribution in [0, 0.1) is 0 Å². The molecule has 0 aliphatic carbocycles. The van der Waals surface area contributed by atoms with Gasteiger partial charge in [-0.3, -0.25) is 4.79 Å². The highest BCUT2D eigenvalue weighted by Gasteiger charge is 2.42. The molecule has 0 spiro atoms. The van der Waals surface area contributed by atoms with Crippen molar-refractivity contribution in [2.24, 2.45) is 0 Å². The number of thiol groups is 1. The molecule has 0 aromatic heterocycles. The number of hydrogen-bond donors (Lipinski definition) is 2. The number of rotatable bonds is 6. The Morgan fingerprint density at radius 3 is 2.55 bits per heavy atom. The molecule has 1 aliphatic rings. The van der Waals surface area contributed by atoms with Crippen LogP contribution >= 0.6 is 0 Å². The van der Waals surface area contributed by atoms with Crippen LogP contribution in [0.4, 0.5) is 5.69 Å². The first kappa shape index (κ1) is 16.7. The fourth-order valence-corrected chi connectivity index (χ4v) is 3.35. The van der Waals surface area contributed by atoms with Crippen molar-refractivity contribution >= 4 is 28.1 Å². The Labute approximate surface area is 132 Å². The van der Waals surface area contributed by atoms with Gasteiger partial charge in [0, 0.05) is 31.4 Å². The zero-order valence-corrected chi connectivity index (χ0v) is 14.0. The number of carboxylic acids is 1. The summed E-state index contributed by atoms with van der Waals surface area (Å²) in [5, 5.41) is 8.70. The van der Waals surface area contributed by atoms with E-state index in [1.807, 2.05) is 13.0 Å². The monoisotopic (exact) mass is 324 g/mol. The van der Waals surface area contributed by atoms with E-state index in [1.54, 1.807) is 12.1 Å². The Morgan fingerprint density at radius 1 is 1.27 bits per heavy atom. The molecular formula is C16H22NO4S+. The molecule has 0 amide bonds. The molecule has 0 radical (unpaired) electrons. The first-order chi connectivity index (χ1) is 10.2. The summed E-state index contributed by atoms with van der Waals surface area (Å²) >= 11 is 0. The molecule has 0 atom stereocenters. The van der Waals surface area contributed by atoms with E-state index in [-0.39, 0.29) is 11.8 Å². The van der Waals surface area contributed by atoms with Gasteiger partial charge in [0.05, 0.1) is 10.3 Å². The molecule has 0 bridgehead atoms. The molecule has 1 aromatic carbocycles. The van der Waals surface area contributed by atoms with E-state index >= 15 is 0 Å². The number of hydrogen-bond acceptors (Lipinski definition) is 3. The maximum Gasteiger partial charge on any atom is 0.303 e. The third kappa shape index (κ3) is 3.06. The minimum absolute atomic E-state index is 0.179. The number of nitrogens with zero attached hydrogens (tertiary/aromatic N) is 1. The smallest absolute Gasteiger partial charge is 0.303 e. The number of aliphatic carboxylic acids is 1. The van der Waals surface area contributed by atoms with Crippen LogP contribution in [-0.2, 0) is 20.9 Å². The summed E-state index contributed by atoms with van der Waals surface area (Å²) in [5.74, 6) is -0.772.